The maximum Gasteiger partial charge on any atom is 0.284 e. The van der Waals surface area contributed by atoms with E-state index in [9.17, 15) is 0 Å². The van der Waals surface area contributed by atoms with Crippen molar-refractivity contribution >= 4 is 0 Å². The van der Waals surface area contributed by atoms with Crippen LogP contribution in [0.15, 0.2) is 47.7 Å². The maximum absolute atomic E-state index is 5.42. The van der Waals surface area contributed by atoms with E-state index in [0.717, 1.165) is 12.2 Å². The molecule has 0 fully saturated rings. The monoisotopic (exact) mass is 162 g/mol. The van der Waals surface area contributed by atoms with Gasteiger partial charge in [0, 0.05) is 6.08 Å². The zero-order valence-corrected chi connectivity index (χ0v) is 6.91. The van der Waals surface area contributed by atoms with Crippen LogP contribution < -0.4 is 0 Å². The van der Waals surface area contributed by atoms with Crippen molar-refractivity contribution in [3.05, 3.63) is 47.7 Å². The minimum Gasteiger partial charge on any atom is -0.468 e. The summed E-state index contributed by atoms with van der Waals surface area (Å²) in [4.78, 5) is 0. The predicted octanol–water partition coefficient (Wildman–Crippen LogP) is 2.27. The Kier molecular flexibility index (Phi) is 1.74. The first-order chi connectivity index (χ1) is 5.90. The molecule has 0 atom stereocenters. The molecule has 2 heteroatoms. The number of allylic oxidation sites excluding steroid dienone is 6. The average molecular weight is 162 g/mol. The highest BCUT2D eigenvalue weighted by molar-refractivity contribution is 5.40. The van der Waals surface area contributed by atoms with Gasteiger partial charge >= 0.3 is 0 Å². The van der Waals surface area contributed by atoms with Crippen molar-refractivity contribution in [1.82, 2.24) is 0 Å². The normalized spacial score (nSPS) is 19.9. The summed E-state index contributed by atoms with van der Waals surface area (Å²) in [5.74, 6) is 1.46. The molecule has 0 aromatic carbocycles. The van der Waals surface area contributed by atoms with Crippen LogP contribution in [0.4, 0.5) is 0 Å². The van der Waals surface area contributed by atoms with Gasteiger partial charge in [0.2, 0.25) is 0 Å². The van der Waals surface area contributed by atoms with Gasteiger partial charge in [-0.15, -0.1) is 0 Å². The average Bonchev–Trinajstić information content (AvgIpc) is 2.17. The molecule has 0 radical (unpaired) electrons. The molecule has 0 saturated carbocycles. The molecule has 62 valence electrons. The quantitative estimate of drug-likeness (QED) is 0.588. The van der Waals surface area contributed by atoms with Crippen molar-refractivity contribution < 1.29 is 9.47 Å². The Morgan fingerprint density at radius 2 is 2.25 bits per heavy atom. The van der Waals surface area contributed by atoms with Gasteiger partial charge in [-0.05, 0) is 24.1 Å². The van der Waals surface area contributed by atoms with Gasteiger partial charge in [0.05, 0.1) is 7.11 Å². The van der Waals surface area contributed by atoms with E-state index in [-0.39, 0.29) is 0 Å². The van der Waals surface area contributed by atoms with E-state index in [1.165, 1.54) is 5.57 Å². The zero-order chi connectivity index (χ0) is 8.39. The SMILES string of the molecule is COC1=CC=C2CC=CC=C2O1. The molecule has 2 aliphatic rings. The number of hydrogen-bond donors (Lipinski definition) is 0. The van der Waals surface area contributed by atoms with E-state index in [1.807, 2.05) is 24.3 Å². The summed E-state index contributed by atoms with van der Waals surface area (Å²) in [5.41, 5.74) is 1.21. The molecule has 2 rings (SSSR count). The lowest BCUT2D eigenvalue weighted by molar-refractivity contribution is 0.104. The highest BCUT2D eigenvalue weighted by Gasteiger charge is 2.13. The predicted molar refractivity (Wildman–Crippen MR) is 46.1 cm³/mol. The number of rotatable bonds is 1. The molecule has 0 saturated heterocycles. The number of methoxy groups -OCH3 is 1. The Balaban J connectivity index is 2.28. The minimum absolute atomic E-state index is 0.556. The van der Waals surface area contributed by atoms with Crippen LogP contribution in [0.1, 0.15) is 6.42 Å². The molecule has 1 aliphatic carbocycles. The first-order valence-electron chi connectivity index (χ1n) is 3.90. The smallest absolute Gasteiger partial charge is 0.284 e. The largest absolute Gasteiger partial charge is 0.468 e. The number of ether oxygens (including phenoxy) is 2. The Labute approximate surface area is 71.5 Å². The molecule has 0 unspecified atom stereocenters. The van der Waals surface area contributed by atoms with E-state index >= 15 is 0 Å². The second-order valence-electron chi connectivity index (χ2n) is 2.65. The molecule has 0 spiro atoms. The van der Waals surface area contributed by atoms with Crippen molar-refractivity contribution in [2.75, 3.05) is 7.11 Å². The Bertz CT molecular complexity index is 306. The fourth-order valence-electron chi connectivity index (χ4n) is 1.23. The van der Waals surface area contributed by atoms with Crippen LogP contribution in [-0.4, -0.2) is 7.11 Å². The van der Waals surface area contributed by atoms with Crippen molar-refractivity contribution in [3.63, 3.8) is 0 Å². The van der Waals surface area contributed by atoms with Crippen molar-refractivity contribution in [1.29, 1.82) is 0 Å². The third-order valence-electron chi connectivity index (χ3n) is 1.87. The van der Waals surface area contributed by atoms with Crippen LogP contribution in [0.2, 0.25) is 0 Å². The maximum atomic E-state index is 5.42. The summed E-state index contributed by atoms with van der Waals surface area (Å²) < 4.78 is 10.4. The number of hydrogen-bond acceptors (Lipinski definition) is 2. The van der Waals surface area contributed by atoms with Gasteiger partial charge < -0.3 is 9.47 Å². The molecule has 0 N–H and O–H groups in total. The van der Waals surface area contributed by atoms with Gasteiger partial charge in [0.25, 0.3) is 5.95 Å². The van der Waals surface area contributed by atoms with Crippen molar-refractivity contribution in [3.8, 4) is 0 Å². The van der Waals surface area contributed by atoms with E-state index in [2.05, 4.69) is 6.08 Å². The fourth-order valence-corrected chi connectivity index (χ4v) is 1.23. The summed E-state index contributed by atoms with van der Waals surface area (Å²) in [5, 5.41) is 0. The number of fused-ring (bicyclic) bond motifs is 1. The molecule has 0 aromatic heterocycles. The molecule has 0 aromatic rings. The van der Waals surface area contributed by atoms with E-state index < -0.39 is 0 Å². The van der Waals surface area contributed by atoms with Crippen molar-refractivity contribution in [2.45, 2.75) is 6.42 Å². The Hall–Kier alpha value is -1.44. The Morgan fingerprint density at radius 1 is 1.33 bits per heavy atom. The summed E-state index contributed by atoms with van der Waals surface area (Å²) in [6.45, 7) is 0. The summed E-state index contributed by atoms with van der Waals surface area (Å²) in [6.07, 6.45) is 10.8. The van der Waals surface area contributed by atoms with Crippen LogP contribution >= 0.6 is 0 Å². The molecule has 1 aliphatic heterocycles. The van der Waals surface area contributed by atoms with Gasteiger partial charge in [0.1, 0.15) is 5.76 Å². The minimum atomic E-state index is 0.556. The molecule has 0 amide bonds. The van der Waals surface area contributed by atoms with Gasteiger partial charge in [-0.25, -0.2) is 0 Å². The fraction of sp³-hybridized carbons (Fsp3) is 0.200. The highest BCUT2D eigenvalue weighted by atomic mass is 16.7. The van der Waals surface area contributed by atoms with Crippen LogP contribution in [0.5, 0.6) is 0 Å². The first kappa shape index (κ1) is 7.22. The first-order valence-corrected chi connectivity index (χ1v) is 3.90. The van der Waals surface area contributed by atoms with E-state index in [0.29, 0.717) is 5.95 Å². The zero-order valence-electron chi connectivity index (χ0n) is 6.91. The standard InChI is InChI=1S/C10H10O2/c1-11-10-7-6-8-4-2-3-5-9(8)12-10/h2-3,5-7H,4H2,1H3. The van der Waals surface area contributed by atoms with Crippen molar-refractivity contribution in [2.24, 2.45) is 0 Å². The van der Waals surface area contributed by atoms with Gasteiger partial charge in [-0.2, -0.15) is 0 Å². The van der Waals surface area contributed by atoms with Crippen LogP contribution in [0.25, 0.3) is 0 Å². The molecule has 0 bridgehead atoms. The van der Waals surface area contributed by atoms with Gasteiger partial charge in [-0.1, -0.05) is 12.2 Å². The van der Waals surface area contributed by atoms with Crippen LogP contribution in [0.3, 0.4) is 0 Å². The van der Waals surface area contributed by atoms with Gasteiger partial charge in [-0.3, -0.25) is 0 Å². The van der Waals surface area contributed by atoms with E-state index in [4.69, 9.17) is 9.47 Å². The summed E-state index contributed by atoms with van der Waals surface area (Å²) in [6, 6.07) is 0. The molecular weight excluding hydrogens is 152 g/mol. The third-order valence-corrected chi connectivity index (χ3v) is 1.87. The molecule has 1 heterocycles. The second kappa shape index (κ2) is 2.89. The lowest BCUT2D eigenvalue weighted by Crippen LogP contribution is -2.04. The second-order valence-corrected chi connectivity index (χ2v) is 2.65. The van der Waals surface area contributed by atoms with Gasteiger partial charge in [0.15, 0.2) is 0 Å². The third kappa shape index (κ3) is 1.16. The van der Waals surface area contributed by atoms with Crippen LogP contribution in [-0.2, 0) is 9.47 Å². The topological polar surface area (TPSA) is 18.5 Å². The molecular formula is C10H10O2. The summed E-state index contributed by atoms with van der Waals surface area (Å²) in [7, 11) is 1.60. The lowest BCUT2D eigenvalue weighted by Gasteiger charge is -2.18. The highest BCUT2D eigenvalue weighted by Crippen LogP contribution is 2.26. The molecule has 2 nitrogen and oxygen atoms in total. The molecule has 12 heavy (non-hydrogen) atoms. The lowest BCUT2D eigenvalue weighted by atomic mass is 10.0. The van der Waals surface area contributed by atoms with Crippen LogP contribution in [0, 0.1) is 0 Å². The van der Waals surface area contributed by atoms with E-state index in [1.54, 1.807) is 7.11 Å². The Morgan fingerprint density at radius 3 is 3.08 bits per heavy atom. The summed E-state index contributed by atoms with van der Waals surface area (Å²) >= 11 is 0.